The number of benzene rings is 1. The average molecular weight is 258 g/mol. The summed E-state index contributed by atoms with van der Waals surface area (Å²) in [6.07, 6.45) is 3.54. The second-order valence-corrected chi connectivity index (χ2v) is 6.35. The lowest BCUT2D eigenvalue weighted by Crippen LogP contribution is -1.92. The van der Waals surface area contributed by atoms with Crippen molar-refractivity contribution in [3.63, 3.8) is 0 Å². The molecule has 1 aromatic carbocycles. The first-order valence-electron chi connectivity index (χ1n) is 6.44. The zero-order valence-corrected chi connectivity index (χ0v) is 11.7. The summed E-state index contributed by atoms with van der Waals surface area (Å²) >= 11 is 1.65. The molecule has 0 unspecified atom stereocenters. The standard InChI is InChI=1S/C15H18N2S/c1-9-3-4-11(7-10(9)2)8-13-14(12-5-6-12)17-15(16)18-13/h3-4,7,12H,5-6,8H2,1-2H3,(H2,16,17). The van der Waals surface area contributed by atoms with Gasteiger partial charge in [0.2, 0.25) is 0 Å². The van der Waals surface area contributed by atoms with E-state index in [1.54, 1.807) is 11.3 Å². The third kappa shape index (κ3) is 2.27. The van der Waals surface area contributed by atoms with Crippen LogP contribution >= 0.6 is 11.3 Å². The van der Waals surface area contributed by atoms with E-state index in [0.29, 0.717) is 5.92 Å². The largest absolute Gasteiger partial charge is 0.375 e. The quantitative estimate of drug-likeness (QED) is 0.909. The summed E-state index contributed by atoms with van der Waals surface area (Å²) in [5.41, 5.74) is 11.2. The third-order valence-electron chi connectivity index (χ3n) is 3.64. The van der Waals surface area contributed by atoms with Gasteiger partial charge in [-0.3, -0.25) is 0 Å². The first kappa shape index (κ1) is 11.7. The minimum Gasteiger partial charge on any atom is -0.375 e. The molecule has 0 spiro atoms. The summed E-state index contributed by atoms with van der Waals surface area (Å²) in [7, 11) is 0. The maximum absolute atomic E-state index is 5.86. The van der Waals surface area contributed by atoms with Gasteiger partial charge >= 0.3 is 0 Å². The molecule has 0 aliphatic heterocycles. The maximum Gasteiger partial charge on any atom is 0.180 e. The van der Waals surface area contributed by atoms with E-state index in [1.165, 1.54) is 40.1 Å². The molecule has 0 saturated heterocycles. The van der Waals surface area contributed by atoms with Crippen LogP contribution in [0, 0.1) is 13.8 Å². The molecule has 0 bridgehead atoms. The van der Waals surface area contributed by atoms with Crippen molar-refractivity contribution in [3.8, 4) is 0 Å². The van der Waals surface area contributed by atoms with Gasteiger partial charge in [0, 0.05) is 17.2 Å². The number of rotatable bonds is 3. The van der Waals surface area contributed by atoms with Gasteiger partial charge in [0.05, 0.1) is 5.69 Å². The fourth-order valence-electron chi connectivity index (χ4n) is 2.28. The highest BCUT2D eigenvalue weighted by Crippen LogP contribution is 2.43. The Morgan fingerprint density at radius 1 is 1.28 bits per heavy atom. The van der Waals surface area contributed by atoms with E-state index in [4.69, 9.17) is 5.73 Å². The lowest BCUT2D eigenvalue weighted by Gasteiger charge is -2.05. The van der Waals surface area contributed by atoms with Crippen molar-refractivity contribution in [1.82, 2.24) is 4.98 Å². The van der Waals surface area contributed by atoms with E-state index >= 15 is 0 Å². The highest BCUT2D eigenvalue weighted by Gasteiger charge is 2.29. The molecular formula is C15H18N2S. The lowest BCUT2D eigenvalue weighted by molar-refractivity contribution is 1.01. The maximum atomic E-state index is 5.86. The Morgan fingerprint density at radius 3 is 2.72 bits per heavy atom. The number of nitrogens with zero attached hydrogens (tertiary/aromatic N) is 1. The van der Waals surface area contributed by atoms with Gasteiger partial charge in [-0.05, 0) is 43.4 Å². The second-order valence-electron chi connectivity index (χ2n) is 5.23. The van der Waals surface area contributed by atoms with Crippen molar-refractivity contribution in [2.75, 3.05) is 5.73 Å². The van der Waals surface area contributed by atoms with Crippen LogP contribution in [0.15, 0.2) is 18.2 Å². The molecular weight excluding hydrogens is 240 g/mol. The van der Waals surface area contributed by atoms with Gasteiger partial charge in [0.15, 0.2) is 5.13 Å². The van der Waals surface area contributed by atoms with Gasteiger partial charge in [-0.1, -0.05) is 18.2 Å². The Kier molecular flexibility index (Phi) is 2.86. The van der Waals surface area contributed by atoms with E-state index in [2.05, 4.69) is 37.0 Å². The Morgan fingerprint density at radius 2 is 2.06 bits per heavy atom. The molecule has 3 heteroatoms. The molecule has 0 atom stereocenters. The van der Waals surface area contributed by atoms with Crippen LogP contribution in [0.3, 0.4) is 0 Å². The minimum absolute atomic E-state index is 0.681. The van der Waals surface area contributed by atoms with Crippen molar-refractivity contribution in [2.45, 2.75) is 39.0 Å². The fourth-order valence-corrected chi connectivity index (χ4v) is 3.24. The van der Waals surface area contributed by atoms with Crippen molar-refractivity contribution < 1.29 is 0 Å². The van der Waals surface area contributed by atoms with Gasteiger partial charge in [-0.2, -0.15) is 0 Å². The first-order valence-corrected chi connectivity index (χ1v) is 7.26. The van der Waals surface area contributed by atoms with Crippen molar-refractivity contribution in [3.05, 3.63) is 45.5 Å². The van der Waals surface area contributed by atoms with Crippen LogP contribution in [0.2, 0.25) is 0 Å². The zero-order valence-electron chi connectivity index (χ0n) is 10.9. The molecule has 1 aliphatic carbocycles. The predicted molar refractivity (Wildman–Crippen MR) is 77.2 cm³/mol. The number of nitrogen functional groups attached to an aromatic ring is 1. The second kappa shape index (κ2) is 4.39. The summed E-state index contributed by atoms with van der Waals surface area (Å²) in [6, 6.07) is 6.70. The number of nitrogens with two attached hydrogens (primary N) is 1. The van der Waals surface area contributed by atoms with Gasteiger partial charge in [-0.15, -0.1) is 11.3 Å². The number of thiazole rings is 1. The number of aromatic nitrogens is 1. The minimum atomic E-state index is 0.681. The highest BCUT2D eigenvalue weighted by atomic mass is 32.1. The summed E-state index contributed by atoms with van der Waals surface area (Å²) in [5.74, 6) is 0.681. The number of hydrogen-bond donors (Lipinski definition) is 1. The topological polar surface area (TPSA) is 38.9 Å². The normalized spacial score (nSPS) is 15.0. The number of aryl methyl sites for hydroxylation is 2. The van der Waals surface area contributed by atoms with Gasteiger partial charge in [0.25, 0.3) is 0 Å². The van der Waals surface area contributed by atoms with Crippen LogP contribution in [0.5, 0.6) is 0 Å². The molecule has 3 rings (SSSR count). The molecule has 1 saturated carbocycles. The van der Waals surface area contributed by atoms with Crippen LogP contribution in [-0.4, -0.2) is 4.98 Å². The van der Waals surface area contributed by atoms with E-state index in [0.717, 1.165) is 11.6 Å². The summed E-state index contributed by atoms with van der Waals surface area (Å²) < 4.78 is 0. The van der Waals surface area contributed by atoms with Crippen molar-refractivity contribution in [2.24, 2.45) is 0 Å². The smallest absolute Gasteiger partial charge is 0.180 e. The van der Waals surface area contributed by atoms with Crippen molar-refractivity contribution >= 4 is 16.5 Å². The van der Waals surface area contributed by atoms with E-state index < -0.39 is 0 Å². The van der Waals surface area contributed by atoms with Crippen LogP contribution in [-0.2, 0) is 6.42 Å². The fraction of sp³-hybridized carbons (Fsp3) is 0.400. The van der Waals surface area contributed by atoms with Crippen LogP contribution in [0.4, 0.5) is 5.13 Å². The Labute approximate surface area is 112 Å². The number of hydrogen-bond acceptors (Lipinski definition) is 3. The van der Waals surface area contributed by atoms with Gasteiger partial charge in [-0.25, -0.2) is 4.98 Å². The van der Waals surface area contributed by atoms with Crippen LogP contribution in [0.1, 0.15) is 46.0 Å². The van der Waals surface area contributed by atoms with Gasteiger partial charge < -0.3 is 5.73 Å². The molecule has 18 heavy (non-hydrogen) atoms. The number of anilines is 1. The molecule has 2 N–H and O–H groups in total. The average Bonchev–Trinajstić information content (AvgIpc) is 3.09. The van der Waals surface area contributed by atoms with Crippen LogP contribution in [0.25, 0.3) is 0 Å². The zero-order chi connectivity index (χ0) is 12.7. The highest BCUT2D eigenvalue weighted by molar-refractivity contribution is 7.15. The SMILES string of the molecule is Cc1ccc(Cc2sc(N)nc2C2CC2)cc1C. The molecule has 2 nitrogen and oxygen atoms in total. The molecule has 1 heterocycles. The molecule has 1 fully saturated rings. The van der Waals surface area contributed by atoms with E-state index in [1.807, 2.05) is 0 Å². The van der Waals surface area contributed by atoms with Crippen molar-refractivity contribution in [1.29, 1.82) is 0 Å². The third-order valence-corrected chi connectivity index (χ3v) is 4.54. The van der Waals surface area contributed by atoms with Crippen LogP contribution < -0.4 is 5.73 Å². The molecule has 1 aromatic heterocycles. The molecule has 0 radical (unpaired) electrons. The predicted octanol–water partition coefficient (Wildman–Crippen LogP) is 3.81. The molecule has 2 aromatic rings. The van der Waals surface area contributed by atoms with Gasteiger partial charge in [0.1, 0.15) is 0 Å². The summed E-state index contributed by atoms with van der Waals surface area (Å²) in [4.78, 5) is 5.86. The molecule has 94 valence electrons. The summed E-state index contributed by atoms with van der Waals surface area (Å²) in [5, 5.41) is 0.718. The summed E-state index contributed by atoms with van der Waals surface area (Å²) in [6.45, 7) is 4.32. The first-order chi connectivity index (χ1) is 8.63. The monoisotopic (exact) mass is 258 g/mol. The Balaban J connectivity index is 1.89. The Hall–Kier alpha value is -1.35. The molecule has 0 amide bonds. The van der Waals surface area contributed by atoms with E-state index in [-0.39, 0.29) is 0 Å². The van der Waals surface area contributed by atoms with E-state index in [9.17, 15) is 0 Å². The lowest BCUT2D eigenvalue weighted by atomic mass is 10.0. The molecule has 1 aliphatic rings. The Bertz CT molecular complexity index is 582.